The van der Waals surface area contributed by atoms with Crippen molar-refractivity contribution in [3.8, 4) is 0 Å². The Morgan fingerprint density at radius 3 is 2.04 bits per heavy atom. The average molecular weight is 745 g/mol. The zero-order chi connectivity index (χ0) is 35.3. The van der Waals surface area contributed by atoms with Gasteiger partial charge >= 0.3 is 6.18 Å². The summed E-state index contributed by atoms with van der Waals surface area (Å²) in [7, 11) is -4.56. The second-order valence-electron chi connectivity index (χ2n) is 12.5. The summed E-state index contributed by atoms with van der Waals surface area (Å²) < 4.78 is 71.1. The van der Waals surface area contributed by atoms with E-state index < -0.39 is 51.7 Å². The lowest BCUT2D eigenvalue weighted by molar-refractivity contribution is -0.140. The van der Waals surface area contributed by atoms with Crippen molar-refractivity contribution in [3.63, 3.8) is 0 Å². The monoisotopic (exact) mass is 743 g/mol. The molecule has 254 valence electrons. The fourth-order valence-electron chi connectivity index (χ4n) is 5.00. The largest absolute Gasteiger partial charge is 0.416 e. The van der Waals surface area contributed by atoms with Gasteiger partial charge in [-0.3, -0.25) is 13.9 Å². The molecule has 4 aromatic carbocycles. The summed E-state index contributed by atoms with van der Waals surface area (Å²) in [6, 6.07) is 24.7. The number of nitrogens with zero attached hydrogens (tertiary/aromatic N) is 2. The molecule has 4 rings (SSSR count). The van der Waals surface area contributed by atoms with Crippen molar-refractivity contribution in [1.82, 2.24) is 10.2 Å². The third-order valence-corrected chi connectivity index (χ3v) is 9.70. The molecule has 0 unspecified atom stereocenters. The lowest BCUT2D eigenvalue weighted by atomic mass is 10.0. The van der Waals surface area contributed by atoms with Gasteiger partial charge in [0.2, 0.25) is 11.8 Å². The Kier molecular flexibility index (Phi) is 11.4. The van der Waals surface area contributed by atoms with Gasteiger partial charge in [0.15, 0.2) is 0 Å². The Labute approximate surface area is 287 Å². The first-order chi connectivity index (χ1) is 22.4. The fourth-order valence-corrected chi connectivity index (χ4v) is 6.67. The molecule has 4 aromatic rings. The predicted molar refractivity (Wildman–Crippen MR) is 184 cm³/mol. The van der Waals surface area contributed by atoms with Crippen LogP contribution in [0.1, 0.15) is 43.0 Å². The molecule has 1 atom stereocenters. The van der Waals surface area contributed by atoms with Gasteiger partial charge in [-0.25, -0.2) is 8.42 Å². The van der Waals surface area contributed by atoms with E-state index in [-0.39, 0.29) is 23.5 Å². The summed E-state index contributed by atoms with van der Waals surface area (Å²) >= 11 is 3.40. The van der Waals surface area contributed by atoms with Crippen LogP contribution in [0.5, 0.6) is 0 Å². The van der Waals surface area contributed by atoms with Crippen molar-refractivity contribution in [3.05, 3.63) is 130 Å². The highest BCUT2D eigenvalue weighted by Crippen LogP contribution is 2.33. The second kappa shape index (κ2) is 14.9. The molecule has 0 heterocycles. The number of carbonyl (C=O) groups is 2. The molecular weight excluding hydrogens is 707 g/mol. The van der Waals surface area contributed by atoms with Gasteiger partial charge in [0.25, 0.3) is 10.0 Å². The zero-order valence-electron chi connectivity index (χ0n) is 27.0. The topological polar surface area (TPSA) is 86.8 Å². The van der Waals surface area contributed by atoms with E-state index in [1.165, 1.54) is 23.1 Å². The van der Waals surface area contributed by atoms with E-state index in [0.29, 0.717) is 15.9 Å². The number of nitrogens with one attached hydrogen (secondary N) is 1. The maximum absolute atomic E-state index is 14.5. The molecule has 0 saturated heterocycles. The van der Waals surface area contributed by atoms with Crippen LogP contribution in [0, 0.1) is 6.92 Å². The second-order valence-corrected chi connectivity index (χ2v) is 15.2. The predicted octanol–water partition coefficient (Wildman–Crippen LogP) is 7.53. The van der Waals surface area contributed by atoms with Crippen LogP contribution in [-0.2, 0) is 38.8 Å². The Hall–Kier alpha value is -4.16. The molecule has 7 nitrogen and oxygen atoms in total. The van der Waals surface area contributed by atoms with E-state index in [9.17, 15) is 31.2 Å². The maximum atomic E-state index is 14.5. The third kappa shape index (κ3) is 9.70. The Balaban J connectivity index is 1.85. The minimum absolute atomic E-state index is 0.0812. The summed E-state index contributed by atoms with van der Waals surface area (Å²) in [5, 5.41) is 2.94. The highest BCUT2D eigenvalue weighted by Gasteiger charge is 2.37. The molecule has 48 heavy (non-hydrogen) atoms. The highest BCUT2D eigenvalue weighted by atomic mass is 79.9. The lowest BCUT2D eigenvalue weighted by Crippen LogP contribution is -2.56. The van der Waals surface area contributed by atoms with Crippen LogP contribution < -0.4 is 9.62 Å². The van der Waals surface area contributed by atoms with Crippen molar-refractivity contribution in [1.29, 1.82) is 0 Å². The summed E-state index contributed by atoms with van der Waals surface area (Å²) in [6.07, 6.45) is -4.67. The Morgan fingerprint density at radius 2 is 1.46 bits per heavy atom. The van der Waals surface area contributed by atoms with E-state index >= 15 is 0 Å². The molecule has 0 saturated carbocycles. The summed E-state index contributed by atoms with van der Waals surface area (Å²) in [6.45, 7) is 6.21. The van der Waals surface area contributed by atoms with E-state index in [2.05, 4.69) is 21.2 Å². The molecule has 1 N–H and O–H groups in total. The normalized spacial score (nSPS) is 12.7. The minimum Gasteiger partial charge on any atom is -0.350 e. The molecule has 0 aliphatic heterocycles. The van der Waals surface area contributed by atoms with Crippen LogP contribution in [0.4, 0.5) is 18.9 Å². The number of carbonyl (C=O) groups excluding carboxylic acids is 2. The number of halogens is 4. The highest BCUT2D eigenvalue weighted by molar-refractivity contribution is 9.10. The average Bonchev–Trinajstić information content (AvgIpc) is 3.01. The van der Waals surface area contributed by atoms with E-state index in [1.54, 1.807) is 76.2 Å². The van der Waals surface area contributed by atoms with Crippen LogP contribution in [0.25, 0.3) is 0 Å². The van der Waals surface area contributed by atoms with Crippen molar-refractivity contribution in [2.75, 3.05) is 10.8 Å². The summed E-state index contributed by atoms with van der Waals surface area (Å²) in [5.41, 5.74) is 0.0835. The van der Waals surface area contributed by atoms with Gasteiger partial charge in [-0.05, 0) is 81.3 Å². The fraction of sp³-hybridized carbons (Fsp3) is 0.278. The third-order valence-electron chi connectivity index (χ3n) is 7.38. The number of alkyl halides is 3. The minimum atomic E-state index is -4.77. The van der Waals surface area contributed by atoms with Gasteiger partial charge in [0.1, 0.15) is 12.6 Å². The molecule has 0 bridgehead atoms. The first-order valence-corrected chi connectivity index (χ1v) is 17.3. The van der Waals surface area contributed by atoms with Crippen molar-refractivity contribution in [2.24, 2.45) is 0 Å². The van der Waals surface area contributed by atoms with Crippen LogP contribution in [0.2, 0.25) is 0 Å². The van der Waals surface area contributed by atoms with Crippen LogP contribution >= 0.6 is 15.9 Å². The Bertz CT molecular complexity index is 1830. The number of aryl methyl sites for hydroxylation is 1. The maximum Gasteiger partial charge on any atom is 0.416 e. The number of hydrogen-bond donors (Lipinski definition) is 1. The van der Waals surface area contributed by atoms with Gasteiger partial charge in [0, 0.05) is 23.0 Å². The summed E-state index contributed by atoms with van der Waals surface area (Å²) in [5.74, 6) is -1.25. The lowest BCUT2D eigenvalue weighted by Gasteiger charge is -2.35. The number of hydrogen-bond acceptors (Lipinski definition) is 4. The quantitative estimate of drug-likeness (QED) is 0.172. The first kappa shape index (κ1) is 36.7. The van der Waals surface area contributed by atoms with Crippen molar-refractivity contribution in [2.45, 2.75) is 63.3 Å². The number of sulfonamides is 1. The van der Waals surface area contributed by atoms with Gasteiger partial charge in [-0.1, -0.05) is 82.2 Å². The molecule has 2 amide bonds. The number of benzene rings is 4. The van der Waals surface area contributed by atoms with Crippen molar-refractivity contribution >= 4 is 43.5 Å². The van der Waals surface area contributed by atoms with Crippen LogP contribution in [0.15, 0.2) is 112 Å². The van der Waals surface area contributed by atoms with Crippen LogP contribution in [-0.4, -0.2) is 43.3 Å². The van der Waals surface area contributed by atoms with Gasteiger partial charge in [0.05, 0.1) is 16.1 Å². The van der Waals surface area contributed by atoms with Gasteiger partial charge < -0.3 is 10.2 Å². The number of anilines is 1. The smallest absolute Gasteiger partial charge is 0.350 e. The molecule has 0 aliphatic rings. The molecule has 0 spiro atoms. The van der Waals surface area contributed by atoms with Crippen molar-refractivity contribution < 1.29 is 31.2 Å². The van der Waals surface area contributed by atoms with E-state index in [4.69, 9.17) is 0 Å². The zero-order valence-corrected chi connectivity index (χ0v) is 29.4. The van der Waals surface area contributed by atoms with Gasteiger partial charge in [-0.2, -0.15) is 13.2 Å². The standard InChI is InChI=1S/C36H37BrF3N3O4S/c1-25-13-19-31(20-14-25)48(46,47)43(30-12-8-11-28(22-30)36(38,39)40)24-33(44)42(23-27-15-17-29(37)18-16-27)32(34(45)41-35(2,3)4)21-26-9-6-5-7-10-26/h5-20,22,32H,21,23-24H2,1-4H3,(H,41,45)/t32-/m0/s1. The number of amides is 2. The molecular formula is C36H37BrF3N3O4S. The first-order valence-electron chi connectivity index (χ1n) is 15.1. The van der Waals surface area contributed by atoms with E-state index in [0.717, 1.165) is 27.7 Å². The summed E-state index contributed by atoms with van der Waals surface area (Å²) in [4.78, 5) is 29.6. The van der Waals surface area contributed by atoms with Gasteiger partial charge in [-0.15, -0.1) is 0 Å². The molecule has 0 radical (unpaired) electrons. The number of rotatable bonds is 11. The van der Waals surface area contributed by atoms with E-state index in [1.807, 2.05) is 18.2 Å². The Morgan fingerprint density at radius 1 is 0.833 bits per heavy atom. The molecule has 0 fully saturated rings. The SMILES string of the molecule is Cc1ccc(S(=O)(=O)N(CC(=O)N(Cc2ccc(Br)cc2)[C@@H](Cc2ccccc2)C(=O)NC(C)(C)C)c2cccc(C(F)(F)F)c2)cc1. The van der Waals surface area contributed by atoms with Crippen LogP contribution in [0.3, 0.4) is 0 Å². The molecule has 12 heteroatoms. The molecule has 0 aliphatic carbocycles. The molecule has 0 aromatic heterocycles.